The van der Waals surface area contributed by atoms with Crippen LogP contribution in [-0.2, 0) is 0 Å². The van der Waals surface area contributed by atoms with E-state index < -0.39 is 0 Å². The smallest absolute Gasteiger partial charge is 0.0985 e. The van der Waals surface area contributed by atoms with Crippen LogP contribution in [0.2, 0.25) is 10.0 Å². The van der Waals surface area contributed by atoms with Crippen LogP contribution in [0.15, 0.2) is 12.1 Å². The van der Waals surface area contributed by atoms with E-state index in [1.807, 2.05) is 12.1 Å². The Labute approximate surface area is 100 Å². The third-order valence-corrected chi connectivity index (χ3v) is 3.78. The number of halogens is 2. The molecule has 0 radical (unpaired) electrons. The fraction of sp³-hybridized carbons (Fsp3) is 0.455. The molecule has 1 aromatic carbocycles. The molecule has 1 aliphatic rings. The standard InChI is InChI=1S/C11H14Cl2N2/c1-4-15-7(2)14(3)10-5-8(12)9(13)6-11(10)15/h5-7H,4H2,1-3H3. The topological polar surface area (TPSA) is 6.48 Å². The van der Waals surface area contributed by atoms with Gasteiger partial charge in [-0.25, -0.2) is 0 Å². The lowest BCUT2D eigenvalue weighted by Gasteiger charge is -2.26. The average molecular weight is 245 g/mol. The van der Waals surface area contributed by atoms with E-state index in [0.717, 1.165) is 12.2 Å². The molecule has 0 spiro atoms. The van der Waals surface area contributed by atoms with Gasteiger partial charge in [-0.1, -0.05) is 23.2 Å². The summed E-state index contributed by atoms with van der Waals surface area (Å²) in [5.41, 5.74) is 2.32. The van der Waals surface area contributed by atoms with Gasteiger partial charge in [0.1, 0.15) is 0 Å². The maximum absolute atomic E-state index is 6.03. The molecule has 0 aliphatic carbocycles. The number of nitrogens with zero attached hydrogens (tertiary/aromatic N) is 2. The fourth-order valence-electron chi connectivity index (χ4n) is 2.08. The summed E-state index contributed by atoms with van der Waals surface area (Å²) in [6.07, 6.45) is 0.361. The highest BCUT2D eigenvalue weighted by atomic mass is 35.5. The van der Waals surface area contributed by atoms with Crippen molar-refractivity contribution in [1.29, 1.82) is 0 Å². The summed E-state index contributed by atoms with van der Waals surface area (Å²) in [4.78, 5) is 4.51. The van der Waals surface area contributed by atoms with E-state index in [9.17, 15) is 0 Å². The molecule has 4 heteroatoms. The Morgan fingerprint density at radius 1 is 1.20 bits per heavy atom. The molecule has 0 bridgehead atoms. The lowest BCUT2D eigenvalue weighted by atomic mass is 10.2. The monoisotopic (exact) mass is 244 g/mol. The van der Waals surface area contributed by atoms with Gasteiger partial charge in [-0.2, -0.15) is 0 Å². The molecule has 82 valence electrons. The SMILES string of the molecule is CCN1c2cc(Cl)c(Cl)cc2N(C)C1C. The van der Waals surface area contributed by atoms with Gasteiger partial charge in [-0.15, -0.1) is 0 Å². The van der Waals surface area contributed by atoms with E-state index in [1.165, 1.54) is 5.69 Å². The number of anilines is 2. The molecule has 1 heterocycles. The van der Waals surface area contributed by atoms with Crippen LogP contribution in [-0.4, -0.2) is 19.8 Å². The van der Waals surface area contributed by atoms with Gasteiger partial charge in [0.2, 0.25) is 0 Å². The Balaban J connectivity index is 2.56. The zero-order chi connectivity index (χ0) is 11.2. The van der Waals surface area contributed by atoms with Crippen molar-refractivity contribution in [2.45, 2.75) is 20.0 Å². The maximum Gasteiger partial charge on any atom is 0.0985 e. The third kappa shape index (κ3) is 1.56. The lowest BCUT2D eigenvalue weighted by Crippen LogP contribution is -2.38. The lowest BCUT2D eigenvalue weighted by molar-refractivity contribution is 0.673. The van der Waals surface area contributed by atoms with Crippen molar-refractivity contribution >= 4 is 34.6 Å². The van der Waals surface area contributed by atoms with Crippen molar-refractivity contribution in [3.05, 3.63) is 22.2 Å². The van der Waals surface area contributed by atoms with E-state index in [1.54, 1.807) is 0 Å². The van der Waals surface area contributed by atoms with Gasteiger partial charge in [0.05, 0.1) is 27.6 Å². The summed E-state index contributed by atoms with van der Waals surface area (Å²) in [5, 5.41) is 1.24. The Hall–Kier alpha value is -0.600. The van der Waals surface area contributed by atoms with Crippen molar-refractivity contribution in [1.82, 2.24) is 0 Å². The van der Waals surface area contributed by atoms with E-state index in [-0.39, 0.29) is 0 Å². The molecule has 1 unspecified atom stereocenters. The number of rotatable bonds is 1. The minimum absolute atomic E-state index is 0.361. The Morgan fingerprint density at radius 3 is 2.27 bits per heavy atom. The zero-order valence-corrected chi connectivity index (χ0v) is 10.6. The summed E-state index contributed by atoms with van der Waals surface area (Å²) >= 11 is 12.1. The van der Waals surface area contributed by atoms with Crippen molar-refractivity contribution < 1.29 is 0 Å². The Morgan fingerprint density at radius 2 is 1.73 bits per heavy atom. The summed E-state index contributed by atoms with van der Waals surface area (Å²) in [5.74, 6) is 0. The van der Waals surface area contributed by atoms with Crippen molar-refractivity contribution in [2.24, 2.45) is 0 Å². The molecule has 0 aromatic heterocycles. The van der Waals surface area contributed by atoms with Crippen molar-refractivity contribution in [3.63, 3.8) is 0 Å². The molecule has 0 amide bonds. The normalized spacial score (nSPS) is 19.7. The molecule has 0 saturated carbocycles. The van der Waals surface area contributed by atoms with Gasteiger partial charge in [0, 0.05) is 13.6 Å². The van der Waals surface area contributed by atoms with Gasteiger partial charge in [0.25, 0.3) is 0 Å². The first kappa shape index (κ1) is 10.9. The number of benzene rings is 1. The summed E-state index contributed by atoms with van der Waals surface area (Å²) in [7, 11) is 2.07. The highest BCUT2D eigenvalue weighted by Gasteiger charge is 2.29. The highest BCUT2D eigenvalue weighted by Crippen LogP contribution is 2.42. The minimum Gasteiger partial charge on any atom is -0.353 e. The second kappa shape index (κ2) is 3.76. The van der Waals surface area contributed by atoms with E-state index in [2.05, 4.69) is 30.7 Å². The maximum atomic E-state index is 6.03. The highest BCUT2D eigenvalue weighted by molar-refractivity contribution is 6.42. The molecule has 0 N–H and O–H groups in total. The van der Waals surface area contributed by atoms with Crippen LogP contribution in [0.25, 0.3) is 0 Å². The molecule has 2 nitrogen and oxygen atoms in total. The van der Waals surface area contributed by atoms with E-state index >= 15 is 0 Å². The first-order valence-corrected chi connectivity index (χ1v) is 5.80. The zero-order valence-electron chi connectivity index (χ0n) is 9.09. The third-order valence-electron chi connectivity index (χ3n) is 3.06. The van der Waals surface area contributed by atoms with Crippen LogP contribution in [0, 0.1) is 0 Å². The summed E-state index contributed by atoms with van der Waals surface area (Å²) < 4.78 is 0. The molecule has 1 aromatic rings. The largest absolute Gasteiger partial charge is 0.353 e. The van der Waals surface area contributed by atoms with Gasteiger partial charge >= 0.3 is 0 Å². The Kier molecular flexibility index (Phi) is 2.73. The predicted molar refractivity (Wildman–Crippen MR) is 67.3 cm³/mol. The van der Waals surface area contributed by atoms with Gasteiger partial charge in [-0.05, 0) is 26.0 Å². The summed E-state index contributed by atoms with van der Waals surface area (Å²) in [6, 6.07) is 3.88. The second-order valence-corrected chi connectivity index (χ2v) is 4.60. The van der Waals surface area contributed by atoms with Crippen molar-refractivity contribution in [2.75, 3.05) is 23.4 Å². The van der Waals surface area contributed by atoms with Crippen LogP contribution in [0.4, 0.5) is 11.4 Å². The molecule has 2 rings (SSSR count). The fourth-order valence-corrected chi connectivity index (χ4v) is 2.40. The quantitative estimate of drug-likeness (QED) is 0.745. The molecule has 0 saturated heterocycles. The number of hydrogen-bond donors (Lipinski definition) is 0. The van der Waals surface area contributed by atoms with Gasteiger partial charge in [0.15, 0.2) is 0 Å². The summed E-state index contributed by atoms with van der Waals surface area (Å²) in [6.45, 7) is 5.28. The molecular formula is C11H14Cl2N2. The molecule has 0 fully saturated rings. The molecule has 15 heavy (non-hydrogen) atoms. The van der Waals surface area contributed by atoms with Gasteiger partial charge in [-0.3, -0.25) is 0 Å². The average Bonchev–Trinajstić information content (AvgIpc) is 2.42. The number of hydrogen-bond acceptors (Lipinski definition) is 2. The molecule has 1 atom stereocenters. The van der Waals surface area contributed by atoms with E-state index in [0.29, 0.717) is 16.2 Å². The minimum atomic E-state index is 0.361. The van der Waals surface area contributed by atoms with Crippen molar-refractivity contribution in [3.8, 4) is 0 Å². The molecular weight excluding hydrogens is 231 g/mol. The number of fused-ring (bicyclic) bond motifs is 1. The first-order valence-electron chi connectivity index (χ1n) is 5.04. The second-order valence-electron chi connectivity index (χ2n) is 3.78. The van der Waals surface area contributed by atoms with Crippen LogP contribution in [0.1, 0.15) is 13.8 Å². The van der Waals surface area contributed by atoms with Crippen LogP contribution in [0.3, 0.4) is 0 Å². The Bertz CT molecular complexity index is 392. The van der Waals surface area contributed by atoms with Crippen LogP contribution in [0.5, 0.6) is 0 Å². The van der Waals surface area contributed by atoms with Gasteiger partial charge < -0.3 is 9.80 Å². The van der Waals surface area contributed by atoms with E-state index in [4.69, 9.17) is 23.2 Å². The molecule has 1 aliphatic heterocycles. The predicted octanol–water partition coefficient (Wildman–Crippen LogP) is 3.62. The first-order chi connectivity index (χ1) is 7.06. The van der Waals surface area contributed by atoms with Crippen LogP contribution >= 0.6 is 23.2 Å². The van der Waals surface area contributed by atoms with Crippen LogP contribution < -0.4 is 9.80 Å².